The van der Waals surface area contributed by atoms with E-state index in [4.69, 9.17) is 9.47 Å². The molecule has 3 rings (SSSR count). The highest BCUT2D eigenvalue weighted by Gasteiger charge is 2.33. The summed E-state index contributed by atoms with van der Waals surface area (Å²) in [6.45, 7) is 0.476. The van der Waals surface area contributed by atoms with Gasteiger partial charge in [0, 0.05) is 19.0 Å². The molecule has 0 aromatic heterocycles. The van der Waals surface area contributed by atoms with E-state index < -0.39 is 22.4 Å². The number of carbonyl (C=O) groups is 1. The number of hydrogen-bond acceptors (Lipinski definition) is 6. The standard InChI is InChI=1S/C19H18F3N3O5/c20-19(21,22)12-5-6-14(15(9-12)25(27)28)23-8-7-18(26)24-10-13-11-29-16-3-1-2-4-17(16)30-13/h1-6,9,13,23H,7-8,10-11H2,(H,24,26)/t13-/m0/s1. The van der Waals surface area contributed by atoms with Gasteiger partial charge in [0.15, 0.2) is 11.5 Å². The molecule has 1 heterocycles. The highest BCUT2D eigenvalue weighted by molar-refractivity contribution is 5.76. The van der Waals surface area contributed by atoms with Gasteiger partial charge in [0.2, 0.25) is 5.91 Å². The van der Waals surface area contributed by atoms with Crippen LogP contribution in [0.3, 0.4) is 0 Å². The lowest BCUT2D eigenvalue weighted by molar-refractivity contribution is -0.384. The summed E-state index contributed by atoms with van der Waals surface area (Å²) in [6.07, 6.45) is -5.09. The van der Waals surface area contributed by atoms with Gasteiger partial charge >= 0.3 is 6.18 Å². The van der Waals surface area contributed by atoms with Crippen LogP contribution >= 0.6 is 0 Å². The van der Waals surface area contributed by atoms with Crippen LogP contribution in [0.1, 0.15) is 12.0 Å². The second kappa shape index (κ2) is 8.89. The molecule has 0 saturated heterocycles. The van der Waals surface area contributed by atoms with Gasteiger partial charge in [-0.15, -0.1) is 0 Å². The first-order valence-electron chi connectivity index (χ1n) is 8.98. The predicted octanol–water partition coefficient (Wildman–Crippen LogP) is 3.37. The van der Waals surface area contributed by atoms with Crippen molar-refractivity contribution in [2.45, 2.75) is 18.7 Å². The number of alkyl halides is 3. The van der Waals surface area contributed by atoms with Crippen LogP contribution in [0.25, 0.3) is 0 Å². The van der Waals surface area contributed by atoms with Gasteiger partial charge in [-0.2, -0.15) is 13.2 Å². The maximum atomic E-state index is 12.7. The maximum Gasteiger partial charge on any atom is 0.416 e. The molecular weight excluding hydrogens is 407 g/mol. The Labute approximate surface area is 169 Å². The summed E-state index contributed by atoms with van der Waals surface area (Å²) in [5, 5.41) is 16.4. The number of carbonyl (C=O) groups excluding carboxylic acids is 1. The summed E-state index contributed by atoms with van der Waals surface area (Å²) in [7, 11) is 0. The van der Waals surface area contributed by atoms with Gasteiger partial charge in [-0.3, -0.25) is 14.9 Å². The largest absolute Gasteiger partial charge is 0.486 e. The van der Waals surface area contributed by atoms with E-state index in [1.807, 2.05) is 6.07 Å². The third kappa shape index (κ3) is 5.31. The molecule has 0 fully saturated rings. The van der Waals surface area contributed by atoms with Crippen molar-refractivity contribution >= 4 is 17.3 Å². The molecule has 1 atom stereocenters. The van der Waals surface area contributed by atoms with Crippen LogP contribution in [0, 0.1) is 10.1 Å². The van der Waals surface area contributed by atoms with E-state index in [9.17, 15) is 28.1 Å². The summed E-state index contributed by atoms with van der Waals surface area (Å²) >= 11 is 0. The van der Waals surface area contributed by atoms with Gasteiger partial charge < -0.3 is 20.1 Å². The Morgan fingerprint density at radius 1 is 1.20 bits per heavy atom. The zero-order valence-electron chi connectivity index (χ0n) is 15.6. The summed E-state index contributed by atoms with van der Waals surface area (Å²) in [5.74, 6) is 0.862. The zero-order valence-corrected chi connectivity index (χ0v) is 15.6. The first kappa shape index (κ1) is 21.2. The molecule has 0 saturated carbocycles. The monoisotopic (exact) mass is 425 g/mol. The quantitative estimate of drug-likeness (QED) is 0.521. The molecule has 0 radical (unpaired) electrons. The van der Waals surface area contributed by atoms with Gasteiger partial charge in [-0.05, 0) is 24.3 Å². The Balaban J connectivity index is 1.47. The third-order valence-corrected chi connectivity index (χ3v) is 4.28. The normalized spacial score (nSPS) is 15.4. The molecule has 1 aliphatic heterocycles. The SMILES string of the molecule is O=C(CCNc1ccc(C(F)(F)F)cc1[N+](=O)[O-])NC[C@H]1COc2ccccc2O1. The van der Waals surface area contributed by atoms with Gasteiger partial charge in [0.05, 0.1) is 17.0 Å². The summed E-state index contributed by atoms with van der Waals surface area (Å²) in [5.41, 5.74) is -1.92. The van der Waals surface area contributed by atoms with Gasteiger partial charge in [0.1, 0.15) is 18.4 Å². The molecule has 0 aliphatic carbocycles. The Morgan fingerprint density at radius 3 is 2.63 bits per heavy atom. The van der Waals surface area contributed by atoms with Crippen LogP contribution in [0.4, 0.5) is 24.5 Å². The smallest absolute Gasteiger partial charge is 0.416 e. The van der Waals surface area contributed by atoms with Gasteiger partial charge in [-0.25, -0.2) is 0 Å². The lowest BCUT2D eigenvalue weighted by Gasteiger charge is -2.26. The number of rotatable bonds is 7. The Morgan fingerprint density at radius 2 is 1.93 bits per heavy atom. The number of nitro groups is 1. The average molecular weight is 425 g/mol. The molecular formula is C19H18F3N3O5. The number of fused-ring (bicyclic) bond motifs is 1. The molecule has 1 aliphatic rings. The van der Waals surface area contributed by atoms with E-state index >= 15 is 0 Å². The number of nitrogens with one attached hydrogen (secondary N) is 2. The molecule has 2 N–H and O–H groups in total. The summed E-state index contributed by atoms with van der Waals surface area (Å²) in [6, 6.07) is 9.33. The van der Waals surface area contributed by atoms with E-state index in [0.29, 0.717) is 17.6 Å². The predicted molar refractivity (Wildman–Crippen MR) is 101 cm³/mol. The topological polar surface area (TPSA) is 103 Å². The van der Waals surface area contributed by atoms with E-state index in [0.717, 1.165) is 12.1 Å². The van der Waals surface area contributed by atoms with Crippen molar-refractivity contribution in [2.24, 2.45) is 0 Å². The number of hydrogen-bond donors (Lipinski definition) is 2. The van der Waals surface area contributed by atoms with E-state index in [1.165, 1.54) is 0 Å². The van der Waals surface area contributed by atoms with Crippen molar-refractivity contribution in [3.63, 3.8) is 0 Å². The number of benzene rings is 2. The lowest BCUT2D eigenvalue weighted by Crippen LogP contribution is -2.41. The molecule has 1 amide bonds. The van der Waals surface area contributed by atoms with Gasteiger partial charge in [-0.1, -0.05) is 12.1 Å². The fraction of sp³-hybridized carbons (Fsp3) is 0.316. The minimum atomic E-state index is -4.69. The van der Waals surface area contributed by atoms with Crippen LogP contribution in [0.2, 0.25) is 0 Å². The number of nitro benzene ring substituents is 1. The van der Waals surface area contributed by atoms with Crippen LogP contribution < -0.4 is 20.1 Å². The third-order valence-electron chi connectivity index (χ3n) is 4.28. The van der Waals surface area contributed by atoms with Crippen molar-refractivity contribution in [2.75, 3.05) is 25.0 Å². The first-order valence-corrected chi connectivity index (χ1v) is 8.98. The number of para-hydroxylation sites is 2. The number of halogens is 3. The van der Waals surface area contributed by atoms with Crippen molar-refractivity contribution in [1.82, 2.24) is 5.32 Å². The minimum absolute atomic E-state index is 0.00287. The van der Waals surface area contributed by atoms with Crippen molar-refractivity contribution < 1.29 is 32.4 Å². The summed E-state index contributed by atoms with van der Waals surface area (Å²) < 4.78 is 49.4. The fourth-order valence-electron chi connectivity index (χ4n) is 2.80. The fourth-order valence-corrected chi connectivity index (χ4v) is 2.80. The molecule has 2 aromatic carbocycles. The van der Waals surface area contributed by atoms with Crippen molar-refractivity contribution in [3.8, 4) is 11.5 Å². The van der Waals surface area contributed by atoms with Crippen molar-refractivity contribution in [3.05, 3.63) is 58.1 Å². The molecule has 0 unspecified atom stereocenters. The highest BCUT2D eigenvalue weighted by Crippen LogP contribution is 2.35. The molecule has 2 aromatic rings. The van der Waals surface area contributed by atoms with Crippen LogP contribution in [0.5, 0.6) is 11.5 Å². The van der Waals surface area contributed by atoms with E-state index in [2.05, 4.69) is 10.6 Å². The molecule has 0 bridgehead atoms. The maximum absolute atomic E-state index is 12.7. The first-order chi connectivity index (χ1) is 14.2. The van der Waals surface area contributed by atoms with Crippen LogP contribution in [0.15, 0.2) is 42.5 Å². The van der Waals surface area contributed by atoms with Crippen LogP contribution in [-0.4, -0.2) is 36.6 Å². The van der Waals surface area contributed by atoms with Gasteiger partial charge in [0.25, 0.3) is 5.69 Å². The number of anilines is 1. The lowest BCUT2D eigenvalue weighted by atomic mass is 10.1. The highest BCUT2D eigenvalue weighted by atomic mass is 19.4. The molecule has 160 valence electrons. The zero-order chi connectivity index (χ0) is 21.7. The van der Waals surface area contributed by atoms with E-state index in [-0.39, 0.29) is 43.8 Å². The summed E-state index contributed by atoms with van der Waals surface area (Å²) in [4.78, 5) is 22.1. The minimum Gasteiger partial charge on any atom is -0.486 e. The molecule has 0 spiro atoms. The molecule has 30 heavy (non-hydrogen) atoms. The average Bonchev–Trinajstić information content (AvgIpc) is 2.71. The Bertz CT molecular complexity index is 936. The number of amides is 1. The number of nitrogens with zero attached hydrogens (tertiary/aromatic N) is 1. The van der Waals surface area contributed by atoms with Crippen molar-refractivity contribution in [1.29, 1.82) is 0 Å². The second-order valence-electron chi connectivity index (χ2n) is 6.47. The Kier molecular flexibility index (Phi) is 6.28. The van der Waals surface area contributed by atoms with Crippen LogP contribution in [-0.2, 0) is 11.0 Å². The second-order valence-corrected chi connectivity index (χ2v) is 6.47. The Hall–Kier alpha value is -3.50. The molecule has 11 heteroatoms. The number of ether oxygens (including phenoxy) is 2. The van der Waals surface area contributed by atoms with E-state index in [1.54, 1.807) is 18.2 Å². The molecule has 8 nitrogen and oxygen atoms in total.